The first-order chi connectivity index (χ1) is 10.5. The Kier molecular flexibility index (Phi) is 4.77. The van der Waals surface area contributed by atoms with Gasteiger partial charge in [0.25, 0.3) is 0 Å². The van der Waals surface area contributed by atoms with Gasteiger partial charge in [-0.05, 0) is 0 Å². The number of rotatable bonds is 5. The number of carboxylic acids is 1. The molecule has 1 aromatic heterocycles. The van der Waals surface area contributed by atoms with Crippen molar-refractivity contribution >= 4 is 17.7 Å². The summed E-state index contributed by atoms with van der Waals surface area (Å²) in [5, 5.41) is 15.6. The Morgan fingerprint density at radius 3 is 2.64 bits per heavy atom. The van der Waals surface area contributed by atoms with Gasteiger partial charge >= 0.3 is 12.0 Å². The third-order valence-corrected chi connectivity index (χ3v) is 3.24. The standard InChI is InChI=1S/C15H18N4O3/c1-18(9-8-13(20)21)15(22)17-12-10-16-19(2)14(12)11-6-4-3-5-7-11/h3-7,10H,8-9H2,1-2H3,(H,17,22)(H,20,21). The highest BCUT2D eigenvalue weighted by Gasteiger charge is 2.16. The number of aromatic nitrogens is 2. The third kappa shape index (κ3) is 3.63. The van der Waals surface area contributed by atoms with E-state index in [2.05, 4.69) is 10.4 Å². The number of nitrogens with zero attached hydrogens (tertiary/aromatic N) is 3. The molecule has 0 aliphatic carbocycles. The smallest absolute Gasteiger partial charge is 0.321 e. The molecule has 0 bridgehead atoms. The van der Waals surface area contributed by atoms with E-state index in [9.17, 15) is 9.59 Å². The molecule has 1 heterocycles. The molecule has 2 aromatic rings. The summed E-state index contributed by atoms with van der Waals surface area (Å²) < 4.78 is 1.68. The summed E-state index contributed by atoms with van der Waals surface area (Å²) in [7, 11) is 3.35. The van der Waals surface area contributed by atoms with E-state index in [1.54, 1.807) is 25.0 Å². The first kappa shape index (κ1) is 15.6. The number of benzene rings is 1. The van der Waals surface area contributed by atoms with E-state index in [-0.39, 0.29) is 19.0 Å². The Morgan fingerprint density at radius 2 is 2.00 bits per heavy atom. The van der Waals surface area contributed by atoms with E-state index in [0.29, 0.717) is 5.69 Å². The molecule has 7 heteroatoms. The number of anilines is 1. The molecule has 0 aliphatic rings. The number of hydrogen-bond donors (Lipinski definition) is 2. The van der Waals surface area contributed by atoms with Crippen molar-refractivity contribution in [3.8, 4) is 11.3 Å². The normalized spacial score (nSPS) is 10.3. The lowest BCUT2D eigenvalue weighted by molar-refractivity contribution is -0.137. The van der Waals surface area contributed by atoms with Gasteiger partial charge in [0.15, 0.2) is 0 Å². The van der Waals surface area contributed by atoms with E-state index in [1.165, 1.54) is 4.90 Å². The number of aryl methyl sites for hydroxylation is 1. The second-order valence-electron chi connectivity index (χ2n) is 4.89. The van der Waals surface area contributed by atoms with Crippen molar-refractivity contribution in [3.63, 3.8) is 0 Å². The Balaban J connectivity index is 2.14. The van der Waals surface area contributed by atoms with Gasteiger partial charge in [0.1, 0.15) is 0 Å². The predicted octanol–water partition coefficient (Wildman–Crippen LogP) is 2.03. The van der Waals surface area contributed by atoms with Crippen LogP contribution in [-0.4, -0.2) is 45.4 Å². The van der Waals surface area contributed by atoms with Crippen molar-refractivity contribution in [2.24, 2.45) is 7.05 Å². The van der Waals surface area contributed by atoms with E-state index < -0.39 is 5.97 Å². The quantitative estimate of drug-likeness (QED) is 0.884. The van der Waals surface area contributed by atoms with Crippen LogP contribution < -0.4 is 5.32 Å². The first-order valence-corrected chi connectivity index (χ1v) is 6.80. The lowest BCUT2D eigenvalue weighted by atomic mass is 10.1. The predicted molar refractivity (Wildman–Crippen MR) is 82.5 cm³/mol. The molecular formula is C15H18N4O3. The molecule has 0 fully saturated rings. The Hall–Kier alpha value is -2.83. The Bertz CT molecular complexity index is 667. The molecule has 22 heavy (non-hydrogen) atoms. The van der Waals surface area contributed by atoms with Crippen molar-refractivity contribution in [1.82, 2.24) is 14.7 Å². The molecule has 0 unspecified atom stereocenters. The molecule has 7 nitrogen and oxygen atoms in total. The fraction of sp³-hybridized carbons (Fsp3) is 0.267. The first-order valence-electron chi connectivity index (χ1n) is 6.80. The van der Waals surface area contributed by atoms with E-state index >= 15 is 0 Å². The third-order valence-electron chi connectivity index (χ3n) is 3.24. The highest BCUT2D eigenvalue weighted by atomic mass is 16.4. The largest absolute Gasteiger partial charge is 0.481 e. The van der Waals surface area contributed by atoms with E-state index in [0.717, 1.165) is 11.3 Å². The van der Waals surface area contributed by atoms with Crippen LogP contribution in [0.4, 0.5) is 10.5 Å². The molecule has 2 N–H and O–H groups in total. The highest BCUT2D eigenvalue weighted by molar-refractivity contribution is 5.93. The van der Waals surface area contributed by atoms with Crippen LogP contribution in [0, 0.1) is 0 Å². The van der Waals surface area contributed by atoms with Crippen LogP contribution >= 0.6 is 0 Å². The van der Waals surface area contributed by atoms with Crippen molar-refractivity contribution in [2.45, 2.75) is 6.42 Å². The summed E-state index contributed by atoms with van der Waals surface area (Å²) >= 11 is 0. The van der Waals surface area contributed by atoms with Crippen molar-refractivity contribution in [1.29, 1.82) is 0 Å². The number of nitrogens with one attached hydrogen (secondary N) is 1. The van der Waals surface area contributed by atoms with E-state index in [4.69, 9.17) is 5.11 Å². The summed E-state index contributed by atoms with van der Waals surface area (Å²) in [6.07, 6.45) is 1.48. The average Bonchev–Trinajstić information content (AvgIpc) is 2.86. The van der Waals surface area contributed by atoms with Crippen LogP contribution in [0.3, 0.4) is 0 Å². The van der Waals surface area contributed by atoms with Crippen molar-refractivity contribution < 1.29 is 14.7 Å². The SMILES string of the molecule is CN(CCC(=O)O)C(=O)Nc1cnn(C)c1-c1ccccc1. The minimum atomic E-state index is -0.939. The minimum absolute atomic E-state index is 0.0947. The topological polar surface area (TPSA) is 87.5 Å². The van der Waals surface area contributed by atoms with Crippen LogP contribution in [0.15, 0.2) is 36.5 Å². The summed E-state index contributed by atoms with van der Waals surface area (Å²) in [6, 6.07) is 9.23. The van der Waals surface area contributed by atoms with Crippen LogP contribution in [0.25, 0.3) is 11.3 Å². The molecule has 2 amide bonds. The number of aliphatic carboxylic acids is 1. The van der Waals surface area contributed by atoms with Crippen LogP contribution in [0.1, 0.15) is 6.42 Å². The zero-order valence-electron chi connectivity index (χ0n) is 12.5. The van der Waals surface area contributed by atoms with Gasteiger partial charge in [0.05, 0.1) is 24.0 Å². The van der Waals surface area contributed by atoms with Gasteiger partial charge in [0, 0.05) is 26.2 Å². The molecule has 116 valence electrons. The number of amides is 2. The summed E-state index contributed by atoms with van der Waals surface area (Å²) in [5.74, 6) is -0.939. The highest BCUT2D eigenvalue weighted by Crippen LogP contribution is 2.27. The monoisotopic (exact) mass is 302 g/mol. The molecule has 1 aromatic carbocycles. The Labute approximate surface area is 128 Å². The van der Waals surface area contributed by atoms with E-state index in [1.807, 2.05) is 30.3 Å². The van der Waals surface area contributed by atoms with Gasteiger partial charge in [-0.3, -0.25) is 9.48 Å². The maximum absolute atomic E-state index is 12.1. The van der Waals surface area contributed by atoms with Gasteiger partial charge in [0.2, 0.25) is 0 Å². The number of hydrogen-bond acceptors (Lipinski definition) is 3. The van der Waals surface area contributed by atoms with Crippen LogP contribution in [-0.2, 0) is 11.8 Å². The maximum Gasteiger partial charge on any atom is 0.321 e. The fourth-order valence-electron chi connectivity index (χ4n) is 2.04. The lowest BCUT2D eigenvalue weighted by Crippen LogP contribution is -2.33. The lowest BCUT2D eigenvalue weighted by Gasteiger charge is -2.17. The number of urea groups is 1. The molecule has 2 rings (SSSR count). The second kappa shape index (κ2) is 6.75. The zero-order chi connectivity index (χ0) is 16.1. The molecule has 0 radical (unpaired) electrons. The summed E-state index contributed by atoms with van der Waals surface area (Å²) in [5.41, 5.74) is 2.31. The van der Waals surface area contributed by atoms with Crippen LogP contribution in [0.2, 0.25) is 0 Å². The Morgan fingerprint density at radius 1 is 1.32 bits per heavy atom. The molecule has 0 aliphatic heterocycles. The zero-order valence-corrected chi connectivity index (χ0v) is 12.5. The second-order valence-corrected chi connectivity index (χ2v) is 4.89. The van der Waals surface area contributed by atoms with Gasteiger partial charge in [-0.2, -0.15) is 5.10 Å². The van der Waals surface area contributed by atoms with Gasteiger partial charge in [-0.25, -0.2) is 4.79 Å². The van der Waals surface area contributed by atoms with Gasteiger partial charge in [-0.1, -0.05) is 30.3 Å². The minimum Gasteiger partial charge on any atom is -0.481 e. The van der Waals surface area contributed by atoms with Crippen molar-refractivity contribution in [3.05, 3.63) is 36.5 Å². The van der Waals surface area contributed by atoms with Crippen molar-refractivity contribution in [2.75, 3.05) is 18.9 Å². The summed E-state index contributed by atoms with van der Waals surface area (Å²) in [4.78, 5) is 24.0. The molecular weight excluding hydrogens is 284 g/mol. The van der Waals surface area contributed by atoms with Gasteiger partial charge < -0.3 is 15.3 Å². The number of carbonyl (C=O) groups is 2. The molecule has 0 saturated carbocycles. The fourth-order valence-corrected chi connectivity index (χ4v) is 2.04. The number of carbonyl (C=O) groups excluding carboxylic acids is 1. The van der Waals surface area contributed by atoms with Gasteiger partial charge in [-0.15, -0.1) is 0 Å². The summed E-state index contributed by atoms with van der Waals surface area (Å²) in [6.45, 7) is 0.141. The molecule has 0 spiro atoms. The maximum atomic E-state index is 12.1. The molecule has 0 saturated heterocycles. The molecule has 0 atom stereocenters. The van der Waals surface area contributed by atoms with Crippen LogP contribution in [0.5, 0.6) is 0 Å². The average molecular weight is 302 g/mol. The number of carboxylic acid groups (broad SMARTS) is 1.